The van der Waals surface area contributed by atoms with Gasteiger partial charge < -0.3 is 0 Å². The minimum Gasteiger partial charge on any atom is -0.192 e. The number of hydrogen-bond donors (Lipinski definition) is 0. The third-order valence-electron chi connectivity index (χ3n) is 14.3. The Bertz CT molecular complexity index is 4340. The van der Waals surface area contributed by atoms with Gasteiger partial charge in [0, 0.05) is 11.1 Å². The lowest BCUT2D eigenvalue weighted by Gasteiger charge is -2.24. The standard InChI is InChI=1S/C62H40N4/c1-61(2,3)53-25-35(29-63)45(23-37(53)31-65)57-51-28-48-47(43-19-11-17-41-39-15-9-7-13-33(39)21-49(48)55(41)43)27-50(51)58(46-24-38(32-66)54(62(4,5)6)26-36(46)30-64)60-52-22-34-14-8-10-16-40(34)42-18-12-20-44(56(42)52)59(57)60/h7-28H,1-6H3. The van der Waals surface area contributed by atoms with E-state index in [-0.39, 0.29) is 0 Å². The molecule has 4 heteroatoms. The van der Waals surface area contributed by atoms with Crippen LogP contribution in [0.2, 0.25) is 0 Å². The maximum Gasteiger partial charge on any atom is 0.0998 e. The summed E-state index contributed by atoms with van der Waals surface area (Å²) in [5.74, 6) is 0. The number of rotatable bonds is 2. The average molecular weight is 841 g/mol. The van der Waals surface area contributed by atoms with Gasteiger partial charge in [0.2, 0.25) is 0 Å². The van der Waals surface area contributed by atoms with Crippen molar-refractivity contribution in [3.8, 4) is 46.5 Å². The largest absolute Gasteiger partial charge is 0.192 e. The summed E-state index contributed by atoms with van der Waals surface area (Å²) in [6.45, 7) is 12.5. The molecule has 12 rings (SSSR count). The Balaban J connectivity index is 1.42. The smallest absolute Gasteiger partial charge is 0.0998 e. The van der Waals surface area contributed by atoms with Crippen LogP contribution in [0.5, 0.6) is 0 Å². The van der Waals surface area contributed by atoms with Gasteiger partial charge in [-0.3, -0.25) is 0 Å². The van der Waals surface area contributed by atoms with Crippen LogP contribution in [-0.2, 0) is 10.8 Å². The Morgan fingerprint density at radius 2 is 0.682 bits per heavy atom. The fourth-order valence-corrected chi connectivity index (χ4v) is 11.5. The van der Waals surface area contributed by atoms with Crippen molar-refractivity contribution >= 4 is 97.0 Å². The number of nitriles is 4. The molecule has 12 aromatic carbocycles. The molecule has 66 heavy (non-hydrogen) atoms. The third kappa shape index (κ3) is 5.22. The van der Waals surface area contributed by atoms with Gasteiger partial charge in [0.1, 0.15) is 0 Å². The van der Waals surface area contributed by atoms with Gasteiger partial charge in [-0.1, -0.05) is 126 Å². The van der Waals surface area contributed by atoms with Crippen molar-refractivity contribution in [2.24, 2.45) is 0 Å². The molecule has 308 valence electrons. The Labute approximate surface area is 382 Å². The number of benzene rings is 10. The SMILES string of the molecule is CC(C)(C)c1cc(C#N)c(-c2c3cc4c(cc3c(-c3cc(C#N)c(C(C)(C)C)cc3C#N)c3c5cc6ccccc6c6cccc(c23)c65)c2cccc3c5ccccc5cc4c32)cc1C#N. The first kappa shape index (κ1) is 39.1. The summed E-state index contributed by atoms with van der Waals surface area (Å²) in [5.41, 5.74) is 5.95. The normalized spacial score (nSPS) is 12.3. The summed E-state index contributed by atoms with van der Waals surface area (Å²) < 4.78 is 0. The highest BCUT2D eigenvalue weighted by atomic mass is 14.4. The van der Waals surface area contributed by atoms with Crippen molar-refractivity contribution in [2.75, 3.05) is 0 Å². The average Bonchev–Trinajstić information content (AvgIpc) is 3.81. The van der Waals surface area contributed by atoms with Crippen molar-refractivity contribution in [1.29, 1.82) is 21.0 Å². The fourth-order valence-electron chi connectivity index (χ4n) is 11.5. The molecule has 0 radical (unpaired) electrons. The molecule has 0 aliphatic carbocycles. The van der Waals surface area contributed by atoms with E-state index < -0.39 is 10.8 Å². The van der Waals surface area contributed by atoms with Gasteiger partial charge in [0.25, 0.3) is 0 Å². The lowest BCUT2D eigenvalue weighted by atomic mass is 9.78. The summed E-state index contributed by atoms with van der Waals surface area (Å²) in [7, 11) is 0. The van der Waals surface area contributed by atoms with Crippen molar-refractivity contribution in [3.05, 3.63) is 167 Å². The van der Waals surface area contributed by atoms with Crippen molar-refractivity contribution < 1.29 is 0 Å². The van der Waals surface area contributed by atoms with E-state index in [1.54, 1.807) is 0 Å². The molecule has 0 aliphatic rings. The molecule has 0 bridgehead atoms. The molecule has 0 saturated heterocycles. The Morgan fingerprint density at radius 3 is 1.15 bits per heavy atom. The van der Waals surface area contributed by atoms with Crippen LogP contribution < -0.4 is 0 Å². The molecule has 0 aliphatic heterocycles. The molecular formula is C62H40N4. The summed E-state index contributed by atoms with van der Waals surface area (Å²) in [6.07, 6.45) is 0. The zero-order chi connectivity index (χ0) is 45.6. The molecule has 0 aromatic heterocycles. The van der Waals surface area contributed by atoms with Gasteiger partial charge >= 0.3 is 0 Å². The van der Waals surface area contributed by atoms with E-state index in [9.17, 15) is 21.0 Å². The van der Waals surface area contributed by atoms with Crippen LogP contribution in [0, 0.1) is 45.3 Å². The molecular weight excluding hydrogens is 801 g/mol. The van der Waals surface area contributed by atoms with Crippen LogP contribution in [-0.4, -0.2) is 0 Å². The molecule has 0 N–H and O–H groups in total. The molecule has 4 nitrogen and oxygen atoms in total. The first-order chi connectivity index (χ1) is 31.8. The zero-order valence-corrected chi connectivity index (χ0v) is 37.5. The topological polar surface area (TPSA) is 95.2 Å². The zero-order valence-electron chi connectivity index (χ0n) is 37.5. The van der Waals surface area contributed by atoms with Crippen LogP contribution in [0.15, 0.2) is 133 Å². The molecule has 0 atom stereocenters. The lowest BCUT2D eigenvalue weighted by molar-refractivity contribution is 0.588. The van der Waals surface area contributed by atoms with E-state index >= 15 is 0 Å². The van der Waals surface area contributed by atoms with Gasteiger partial charge in [-0.2, -0.15) is 21.0 Å². The molecule has 0 unspecified atom stereocenters. The second-order valence-corrected chi connectivity index (χ2v) is 20.0. The van der Waals surface area contributed by atoms with Crippen molar-refractivity contribution in [1.82, 2.24) is 0 Å². The van der Waals surface area contributed by atoms with Crippen molar-refractivity contribution in [2.45, 2.75) is 52.4 Å². The minimum atomic E-state index is -0.399. The first-order valence-electron chi connectivity index (χ1n) is 22.4. The van der Waals surface area contributed by atoms with Gasteiger partial charge in [-0.05, 0) is 179 Å². The van der Waals surface area contributed by atoms with Gasteiger partial charge in [-0.15, -0.1) is 0 Å². The maximum atomic E-state index is 11.2. The second-order valence-electron chi connectivity index (χ2n) is 20.0. The molecule has 0 fully saturated rings. The summed E-state index contributed by atoms with van der Waals surface area (Å²) in [5, 5.41) is 63.5. The predicted molar refractivity (Wildman–Crippen MR) is 273 cm³/mol. The summed E-state index contributed by atoms with van der Waals surface area (Å²) in [4.78, 5) is 0. The number of hydrogen-bond acceptors (Lipinski definition) is 4. The predicted octanol–water partition coefficient (Wildman–Crippen LogP) is 16.4. The Morgan fingerprint density at radius 1 is 0.303 bits per heavy atom. The number of fused-ring (bicyclic) bond motifs is 11. The van der Waals surface area contributed by atoms with E-state index in [1.807, 2.05) is 24.3 Å². The first-order valence-corrected chi connectivity index (χ1v) is 22.4. The Hall–Kier alpha value is -8.54. The van der Waals surface area contributed by atoms with Crippen LogP contribution in [0.1, 0.15) is 74.9 Å². The Kier molecular flexibility index (Phi) is 7.99. The second kappa shape index (κ2) is 13.5. The van der Waals surface area contributed by atoms with E-state index in [4.69, 9.17) is 0 Å². The minimum absolute atomic E-state index is 0.398. The maximum absolute atomic E-state index is 11.2. The highest BCUT2D eigenvalue weighted by molar-refractivity contribution is 6.44. The van der Waals surface area contributed by atoms with Crippen LogP contribution in [0.25, 0.3) is 119 Å². The number of nitrogens with zero attached hydrogens (tertiary/aromatic N) is 4. The highest BCUT2D eigenvalue weighted by Gasteiger charge is 2.31. The van der Waals surface area contributed by atoms with Gasteiger partial charge in [-0.25, -0.2) is 0 Å². The highest BCUT2D eigenvalue weighted by Crippen LogP contribution is 2.55. The molecule has 0 amide bonds. The fraction of sp³-hybridized carbons (Fsp3) is 0.129. The lowest BCUT2D eigenvalue weighted by Crippen LogP contribution is -2.14. The summed E-state index contributed by atoms with van der Waals surface area (Å²) in [6, 6.07) is 57.2. The van der Waals surface area contributed by atoms with Gasteiger partial charge in [0.05, 0.1) is 46.5 Å². The third-order valence-corrected chi connectivity index (χ3v) is 14.3. The van der Waals surface area contributed by atoms with E-state index in [1.165, 1.54) is 16.2 Å². The van der Waals surface area contributed by atoms with E-state index in [2.05, 4.69) is 175 Å². The molecule has 0 saturated carbocycles. The summed E-state index contributed by atoms with van der Waals surface area (Å²) >= 11 is 0. The van der Waals surface area contributed by atoms with Crippen LogP contribution in [0.4, 0.5) is 0 Å². The monoisotopic (exact) mass is 840 g/mol. The van der Waals surface area contributed by atoms with E-state index in [0.717, 1.165) is 103 Å². The van der Waals surface area contributed by atoms with Crippen molar-refractivity contribution in [3.63, 3.8) is 0 Å². The van der Waals surface area contributed by atoms with Crippen LogP contribution >= 0.6 is 0 Å². The molecule has 0 heterocycles. The quantitative estimate of drug-likeness (QED) is 0.162. The molecule has 0 spiro atoms. The van der Waals surface area contributed by atoms with E-state index in [0.29, 0.717) is 33.4 Å². The van der Waals surface area contributed by atoms with Crippen LogP contribution in [0.3, 0.4) is 0 Å². The molecule has 12 aromatic rings. The van der Waals surface area contributed by atoms with Gasteiger partial charge in [0.15, 0.2) is 0 Å².